The van der Waals surface area contributed by atoms with Crippen LogP contribution in [0.4, 0.5) is 4.79 Å². The van der Waals surface area contributed by atoms with Crippen molar-refractivity contribution in [1.29, 1.82) is 0 Å². The number of nitrogens with zero attached hydrogens (tertiary/aromatic N) is 2. The molecule has 1 aromatic carbocycles. The number of methoxy groups -OCH3 is 1. The molecule has 0 aliphatic carbocycles. The second-order valence-electron chi connectivity index (χ2n) is 6.29. The van der Waals surface area contributed by atoms with Crippen molar-refractivity contribution in [3.63, 3.8) is 0 Å². The van der Waals surface area contributed by atoms with Crippen molar-refractivity contribution in [1.82, 2.24) is 9.80 Å². The molecule has 0 unspecified atom stereocenters. The Bertz CT molecular complexity index is 661. The molecular weight excluding hydrogens is 324 g/mol. The largest absolute Gasteiger partial charge is 0.486 e. The molecule has 0 aromatic heterocycles. The summed E-state index contributed by atoms with van der Waals surface area (Å²) in [7, 11) is 1.38. The Labute approximate surface area is 147 Å². The van der Waals surface area contributed by atoms with Gasteiger partial charge in [0.05, 0.1) is 13.5 Å². The smallest absolute Gasteiger partial charge is 0.409 e. The van der Waals surface area contributed by atoms with E-state index >= 15 is 0 Å². The predicted molar refractivity (Wildman–Crippen MR) is 91.0 cm³/mol. The van der Waals surface area contributed by atoms with Crippen molar-refractivity contribution in [3.8, 4) is 11.5 Å². The molecule has 0 atom stereocenters. The van der Waals surface area contributed by atoms with Crippen molar-refractivity contribution in [2.24, 2.45) is 0 Å². The average Bonchev–Trinajstić information content (AvgIpc) is 2.88. The van der Waals surface area contributed by atoms with Gasteiger partial charge in [0.25, 0.3) is 0 Å². The summed E-state index contributed by atoms with van der Waals surface area (Å²) in [5.41, 5.74) is 1.96. The molecule has 2 aliphatic rings. The molecule has 0 N–H and O–H groups in total. The van der Waals surface area contributed by atoms with E-state index in [-0.39, 0.29) is 12.0 Å². The molecular formula is C18H24N2O5. The normalized spacial score (nSPS) is 17.0. The van der Waals surface area contributed by atoms with E-state index in [9.17, 15) is 9.59 Å². The number of hydrogen-bond acceptors (Lipinski definition) is 5. The van der Waals surface area contributed by atoms with Crippen molar-refractivity contribution in [3.05, 3.63) is 23.3 Å². The van der Waals surface area contributed by atoms with Crippen LogP contribution in [0.2, 0.25) is 0 Å². The number of rotatable bonds is 2. The topological polar surface area (TPSA) is 68.3 Å². The number of aryl methyl sites for hydroxylation is 1. The van der Waals surface area contributed by atoms with Crippen molar-refractivity contribution >= 4 is 12.0 Å². The molecule has 1 saturated heterocycles. The summed E-state index contributed by atoms with van der Waals surface area (Å²) in [4.78, 5) is 27.8. The van der Waals surface area contributed by atoms with E-state index in [1.165, 1.54) is 7.11 Å². The van der Waals surface area contributed by atoms with Crippen LogP contribution in [0.15, 0.2) is 12.1 Å². The van der Waals surface area contributed by atoms with Crippen LogP contribution in [0, 0.1) is 6.92 Å². The number of carbonyl (C=O) groups is 2. The molecule has 3 rings (SSSR count). The minimum absolute atomic E-state index is 0.0616. The molecule has 7 nitrogen and oxygen atoms in total. The monoisotopic (exact) mass is 348 g/mol. The SMILES string of the molecule is COC(=O)N1CCCN(C(=O)Cc2cc3c(cc2C)OCCO3)CC1. The molecule has 0 saturated carbocycles. The molecule has 7 heteroatoms. The summed E-state index contributed by atoms with van der Waals surface area (Å²) in [6.07, 6.45) is 0.735. The van der Waals surface area contributed by atoms with Crippen LogP contribution in [0.25, 0.3) is 0 Å². The van der Waals surface area contributed by atoms with Gasteiger partial charge in [-0.05, 0) is 36.6 Å². The van der Waals surface area contributed by atoms with E-state index in [1.807, 2.05) is 24.0 Å². The summed E-state index contributed by atoms with van der Waals surface area (Å²) in [5, 5.41) is 0. The van der Waals surface area contributed by atoms with Gasteiger partial charge < -0.3 is 24.0 Å². The van der Waals surface area contributed by atoms with Crippen LogP contribution in [0.1, 0.15) is 17.5 Å². The summed E-state index contributed by atoms with van der Waals surface area (Å²) < 4.78 is 15.9. The molecule has 1 aromatic rings. The third-order valence-electron chi connectivity index (χ3n) is 4.62. The summed E-state index contributed by atoms with van der Waals surface area (Å²) in [6.45, 7) is 5.34. The Balaban J connectivity index is 1.65. The minimum atomic E-state index is -0.336. The Morgan fingerprint density at radius 1 is 1.04 bits per heavy atom. The van der Waals surface area contributed by atoms with Gasteiger partial charge >= 0.3 is 6.09 Å². The highest BCUT2D eigenvalue weighted by Gasteiger charge is 2.23. The minimum Gasteiger partial charge on any atom is -0.486 e. The zero-order valence-electron chi connectivity index (χ0n) is 14.7. The fourth-order valence-corrected chi connectivity index (χ4v) is 3.18. The predicted octanol–water partition coefficient (Wildman–Crippen LogP) is 1.61. The zero-order chi connectivity index (χ0) is 17.8. The number of ether oxygens (including phenoxy) is 3. The molecule has 0 radical (unpaired) electrons. The lowest BCUT2D eigenvalue weighted by molar-refractivity contribution is -0.130. The second kappa shape index (κ2) is 7.63. The second-order valence-corrected chi connectivity index (χ2v) is 6.29. The lowest BCUT2D eigenvalue weighted by Crippen LogP contribution is -2.38. The van der Waals surface area contributed by atoms with Gasteiger partial charge in [-0.1, -0.05) is 0 Å². The first kappa shape index (κ1) is 17.4. The van der Waals surface area contributed by atoms with Crippen molar-refractivity contribution in [2.75, 3.05) is 46.5 Å². The quantitative estimate of drug-likeness (QED) is 0.812. The van der Waals surface area contributed by atoms with Crippen LogP contribution < -0.4 is 9.47 Å². The lowest BCUT2D eigenvalue weighted by atomic mass is 10.0. The highest BCUT2D eigenvalue weighted by atomic mass is 16.6. The van der Waals surface area contributed by atoms with E-state index in [0.717, 1.165) is 23.3 Å². The Hall–Kier alpha value is -2.44. The van der Waals surface area contributed by atoms with Gasteiger partial charge in [0, 0.05) is 26.2 Å². The first-order chi connectivity index (χ1) is 12.1. The molecule has 0 bridgehead atoms. The van der Waals surface area contributed by atoms with E-state index in [2.05, 4.69) is 0 Å². The lowest BCUT2D eigenvalue weighted by Gasteiger charge is -2.23. The maximum absolute atomic E-state index is 12.7. The van der Waals surface area contributed by atoms with Crippen LogP contribution in [-0.4, -0.2) is 68.3 Å². The van der Waals surface area contributed by atoms with Gasteiger partial charge in [0.1, 0.15) is 13.2 Å². The van der Waals surface area contributed by atoms with E-state index < -0.39 is 0 Å². The summed E-state index contributed by atoms with van der Waals surface area (Å²) in [5.74, 6) is 1.50. The standard InChI is InChI=1S/C18H24N2O5/c1-13-10-15-16(25-9-8-24-15)11-14(13)12-17(21)19-4-3-5-20(7-6-19)18(22)23-2/h10-11H,3-9,12H2,1-2H3. The molecule has 136 valence electrons. The van der Waals surface area contributed by atoms with E-state index in [4.69, 9.17) is 14.2 Å². The molecule has 0 spiro atoms. The fraction of sp³-hybridized carbons (Fsp3) is 0.556. The summed E-state index contributed by atoms with van der Waals surface area (Å²) in [6, 6.07) is 3.83. The fourth-order valence-electron chi connectivity index (χ4n) is 3.18. The number of fused-ring (bicyclic) bond motifs is 1. The van der Waals surface area contributed by atoms with Crippen LogP contribution in [-0.2, 0) is 16.0 Å². The highest BCUT2D eigenvalue weighted by molar-refractivity contribution is 5.79. The first-order valence-electron chi connectivity index (χ1n) is 8.58. The Morgan fingerprint density at radius 3 is 2.40 bits per heavy atom. The van der Waals surface area contributed by atoms with Gasteiger partial charge in [-0.15, -0.1) is 0 Å². The van der Waals surface area contributed by atoms with Gasteiger partial charge in [0.2, 0.25) is 5.91 Å². The summed E-state index contributed by atoms with van der Waals surface area (Å²) >= 11 is 0. The first-order valence-corrected chi connectivity index (χ1v) is 8.58. The molecule has 2 heterocycles. The van der Waals surface area contributed by atoms with E-state index in [1.54, 1.807) is 4.90 Å². The zero-order valence-corrected chi connectivity index (χ0v) is 14.7. The molecule has 2 amide bonds. The van der Waals surface area contributed by atoms with Gasteiger partial charge in [-0.25, -0.2) is 4.79 Å². The number of benzene rings is 1. The average molecular weight is 348 g/mol. The van der Waals surface area contributed by atoms with Gasteiger partial charge in [-0.2, -0.15) is 0 Å². The van der Waals surface area contributed by atoms with Crippen molar-refractivity contribution < 1.29 is 23.8 Å². The van der Waals surface area contributed by atoms with Crippen LogP contribution in [0.5, 0.6) is 11.5 Å². The Morgan fingerprint density at radius 2 is 1.68 bits per heavy atom. The van der Waals surface area contributed by atoms with Gasteiger partial charge in [-0.3, -0.25) is 4.79 Å². The highest BCUT2D eigenvalue weighted by Crippen LogP contribution is 2.33. The third kappa shape index (κ3) is 3.97. The molecule has 2 aliphatic heterocycles. The van der Waals surface area contributed by atoms with Gasteiger partial charge in [0.15, 0.2) is 11.5 Å². The third-order valence-corrected chi connectivity index (χ3v) is 4.62. The number of hydrogen-bond donors (Lipinski definition) is 0. The van der Waals surface area contributed by atoms with Crippen LogP contribution >= 0.6 is 0 Å². The van der Waals surface area contributed by atoms with E-state index in [0.29, 0.717) is 51.6 Å². The molecule has 1 fully saturated rings. The number of carbonyl (C=O) groups excluding carboxylic acids is 2. The maximum Gasteiger partial charge on any atom is 0.409 e. The van der Waals surface area contributed by atoms with Crippen LogP contribution in [0.3, 0.4) is 0 Å². The molecule has 25 heavy (non-hydrogen) atoms. The maximum atomic E-state index is 12.7. The van der Waals surface area contributed by atoms with Crippen molar-refractivity contribution in [2.45, 2.75) is 19.8 Å². The number of amides is 2. The Kier molecular flexibility index (Phi) is 5.31.